The van der Waals surface area contributed by atoms with Crippen LogP contribution in [0.5, 0.6) is 0 Å². The van der Waals surface area contributed by atoms with Crippen LogP contribution in [0.1, 0.15) is 24.7 Å². The van der Waals surface area contributed by atoms with Gasteiger partial charge in [0.25, 0.3) is 0 Å². The van der Waals surface area contributed by atoms with E-state index in [-0.39, 0.29) is 6.61 Å². The molecule has 0 aromatic carbocycles. The number of aryl methyl sites for hydroxylation is 3. The van der Waals surface area contributed by atoms with Gasteiger partial charge in [0.1, 0.15) is 0 Å². The van der Waals surface area contributed by atoms with Gasteiger partial charge < -0.3 is 5.11 Å². The molecule has 1 heterocycles. The monoisotopic (exact) mass is 182 g/mol. The van der Waals surface area contributed by atoms with Gasteiger partial charge in [-0.2, -0.15) is 5.10 Å². The second-order valence-electron chi connectivity index (χ2n) is 3.73. The maximum atomic E-state index is 8.86. The number of nitrogens with zero attached hydrogens (tertiary/aromatic N) is 2. The maximum absolute atomic E-state index is 8.86. The molecule has 1 aromatic rings. The van der Waals surface area contributed by atoms with Crippen molar-refractivity contribution in [3.8, 4) is 0 Å². The second-order valence-corrected chi connectivity index (χ2v) is 3.73. The Hall–Kier alpha value is -0.830. The molecule has 3 heteroatoms. The molecule has 0 spiro atoms. The predicted octanol–water partition coefficient (Wildman–Crippen LogP) is 1.29. The Labute approximate surface area is 79.4 Å². The molecular formula is C10H18N2O. The summed E-state index contributed by atoms with van der Waals surface area (Å²) in [5.41, 5.74) is 2.31. The molecule has 1 aromatic heterocycles. The molecule has 0 saturated heterocycles. The molecule has 0 aliphatic heterocycles. The minimum Gasteiger partial charge on any atom is -0.396 e. The van der Waals surface area contributed by atoms with Crippen LogP contribution in [0, 0.1) is 12.8 Å². The Morgan fingerprint density at radius 1 is 1.62 bits per heavy atom. The van der Waals surface area contributed by atoms with E-state index in [1.165, 1.54) is 5.69 Å². The molecule has 3 nitrogen and oxygen atoms in total. The van der Waals surface area contributed by atoms with Crippen LogP contribution in [0.2, 0.25) is 0 Å². The van der Waals surface area contributed by atoms with Crippen LogP contribution in [-0.4, -0.2) is 21.5 Å². The van der Waals surface area contributed by atoms with Crippen molar-refractivity contribution in [3.05, 3.63) is 17.5 Å². The number of aromatic nitrogens is 2. The van der Waals surface area contributed by atoms with Crippen LogP contribution in [0.3, 0.4) is 0 Å². The molecule has 74 valence electrons. The van der Waals surface area contributed by atoms with E-state index in [4.69, 9.17) is 5.11 Å². The van der Waals surface area contributed by atoms with E-state index in [1.807, 2.05) is 18.7 Å². The van der Waals surface area contributed by atoms with E-state index < -0.39 is 0 Å². The van der Waals surface area contributed by atoms with Gasteiger partial charge in [0.05, 0.1) is 5.69 Å². The zero-order valence-corrected chi connectivity index (χ0v) is 8.62. The Morgan fingerprint density at radius 3 is 2.77 bits per heavy atom. The van der Waals surface area contributed by atoms with E-state index in [1.54, 1.807) is 0 Å². The van der Waals surface area contributed by atoms with Crippen LogP contribution >= 0.6 is 0 Å². The summed E-state index contributed by atoms with van der Waals surface area (Å²) in [6.45, 7) is 4.33. The van der Waals surface area contributed by atoms with Gasteiger partial charge in [0.15, 0.2) is 0 Å². The van der Waals surface area contributed by atoms with Crippen LogP contribution in [0.4, 0.5) is 0 Å². The molecule has 0 fully saturated rings. The highest BCUT2D eigenvalue weighted by Gasteiger charge is 2.04. The smallest absolute Gasteiger partial charge is 0.0596 e. The molecule has 1 atom stereocenters. The molecule has 13 heavy (non-hydrogen) atoms. The van der Waals surface area contributed by atoms with Crippen molar-refractivity contribution in [1.29, 1.82) is 0 Å². The second kappa shape index (κ2) is 4.42. The third kappa shape index (κ3) is 2.84. The zero-order valence-electron chi connectivity index (χ0n) is 8.62. The van der Waals surface area contributed by atoms with E-state index in [0.29, 0.717) is 5.92 Å². The summed E-state index contributed by atoms with van der Waals surface area (Å²) in [5.74, 6) is 0.384. The first-order valence-corrected chi connectivity index (χ1v) is 4.74. The number of rotatable bonds is 4. The predicted molar refractivity (Wildman–Crippen MR) is 52.5 cm³/mol. The Morgan fingerprint density at radius 2 is 2.31 bits per heavy atom. The number of hydrogen-bond acceptors (Lipinski definition) is 2. The average molecular weight is 182 g/mol. The van der Waals surface area contributed by atoms with Crippen LogP contribution in [0.25, 0.3) is 0 Å². The summed E-state index contributed by atoms with van der Waals surface area (Å²) < 4.78 is 1.92. The third-order valence-electron chi connectivity index (χ3n) is 2.30. The van der Waals surface area contributed by atoms with Crippen LogP contribution in [0.15, 0.2) is 6.07 Å². The van der Waals surface area contributed by atoms with Crippen LogP contribution < -0.4 is 0 Å². The van der Waals surface area contributed by atoms with Crippen LogP contribution in [-0.2, 0) is 13.5 Å². The van der Waals surface area contributed by atoms with Gasteiger partial charge in [-0.3, -0.25) is 4.68 Å². The van der Waals surface area contributed by atoms with Gasteiger partial charge in [0, 0.05) is 19.3 Å². The van der Waals surface area contributed by atoms with Crippen molar-refractivity contribution in [3.63, 3.8) is 0 Å². The summed E-state index contributed by atoms with van der Waals surface area (Å²) >= 11 is 0. The normalized spacial score (nSPS) is 13.2. The molecule has 0 aliphatic carbocycles. The van der Waals surface area contributed by atoms with Gasteiger partial charge in [-0.15, -0.1) is 0 Å². The molecule has 0 radical (unpaired) electrons. The Balaban J connectivity index is 2.49. The third-order valence-corrected chi connectivity index (χ3v) is 2.30. The maximum Gasteiger partial charge on any atom is 0.0596 e. The highest BCUT2D eigenvalue weighted by atomic mass is 16.3. The van der Waals surface area contributed by atoms with E-state index >= 15 is 0 Å². The highest BCUT2D eigenvalue weighted by molar-refractivity contribution is 5.08. The fraction of sp³-hybridized carbons (Fsp3) is 0.700. The zero-order chi connectivity index (χ0) is 9.84. The van der Waals surface area contributed by atoms with E-state index in [2.05, 4.69) is 18.1 Å². The first-order chi connectivity index (χ1) is 6.13. The number of hydrogen-bond donors (Lipinski definition) is 1. The molecule has 0 bridgehead atoms. The van der Waals surface area contributed by atoms with Crippen molar-refractivity contribution >= 4 is 0 Å². The van der Waals surface area contributed by atoms with Gasteiger partial charge >= 0.3 is 0 Å². The topological polar surface area (TPSA) is 38.0 Å². The molecule has 1 unspecified atom stereocenters. The van der Waals surface area contributed by atoms with Crippen molar-refractivity contribution in [2.24, 2.45) is 13.0 Å². The molecule has 1 N–H and O–H groups in total. The summed E-state index contributed by atoms with van der Waals surface area (Å²) in [6, 6.07) is 2.10. The molecule has 0 amide bonds. The van der Waals surface area contributed by atoms with E-state index in [0.717, 1.165) is 18.5 Å². The van der Waals surface area contributed by atoms with Crippen molar-refractivity contribution in [1.82, 2.24) is 9.78 Å². The summed E-state index contributed by atoms with van der Waals surface area (Å²) in [7, 11) is 1.96. The first-order valence-electron chi connectivity index (χ1n) is 4.74. The van der Waals surface area contributed by atoms with Crippen molar-refractivity contribution in [2.75, 3.05) is 6.61 Å². The van der Waals surface area contributed by atoms with Crippen molar-refractivity contribution < 1.29 is 5.11 Å². The average Bonchev–Trinajstić information content (AvgIpc) is 2.41. The minimum absolute atomic E-state index is 0.275. The SMILES string of the molecule is Cc1cc(CCC(C)CO)n(C)n1. The summed E-state index contributed by atoms with van der Waals surface area (Å²) in [4.78, 5) is 0. The lowest BCUT2D eigenvalue weighted by Gasteiger charge is -2.06. The highest BCUT2D eigenvalue weighted by Crippen LogP contribution is 2.09. The number of aliphatic hydroxyl groups is 1. The fourth-order valence-electron chi connectivity index (χ4n) is 1.38. The van der Waals surface area contributed by atoms with Gasteiger partial charge in [-0.1, -0.05) is 6.92 Å². The lowest BCUT2D eigenvalue weighted by atomic mass is 10.1. The lowest BCUT2D eigenvalue weighted by Crippen LogP contribution is -2.05. The fourth-order valence-corrected chi connectivity index (χ4v) is 1.38. The molecule has 0 saturated carbocycles. The van der Waals surface area contributed by atoms with Gasteiger partial charge in [-0.25, -0.2) is 0 Å². The van der Waals surface area contributed by atoms with Gasteiger partial charge in [0.2, 0.25) is 0 Å². The Bertz CT molecular complexity index is 268. The molecule has 0 aliphatic rings. The molecular weight excluding hydrogens is 164 g/mol. The summed E-state index contributed by atoms with van der Waals surface area (Å²) in [5, 5.41) is 13.1. The Kier molecular flexibility index (Phi) is 3.48. The van der Waals surface area contributed by atoms with E-state index in [9.17, 15) is 0 Å². The standard InChI is InChI=1S/C10H18N2O/c1-8(7-13)4-5-10-6-9(2)11-12(10)3/h6,8,13H,4-5,7H2,1-3H3. The minimum atomic E-state index is 0.275. The lowest BCUT2D eigenvalue weighted by molar-refractivity contribution is 0.230. The van der Waals surface area contributed by atoms with Gasteiger partial charge in [-0.05, 0) is 31.7 Å². The summed E-state index contributed by atoms with van der Waals surface area (Å²) in [6.07, 6.45) is 2.02. The molecule has 1 rings (SSSR count). The number of aliphatic hydroxyl groups excluding tert-OH is 1. The quantitative estimate of drug-likeness (QED) is 0.762. The first kappa shape index (κ1) is 10.3. The largest absolute Gasteiger partial charge is 0.396 e. The van der Waals surface area contributed by atoms with Crippen molar-refractivity contribution in [2.45, 2.75) is 26.7 Å².